The Hall–Kier alpha value is -2.78. The molecule has 0 atom stereocenters. The molecule has 1 aliphatic rings. The average molecular weight is 363 g/mol. The second kappa shape index (κ2) is 6.02. The number of carboxylic acid groups (broad SMARTS) is 1. The van der Waals surface area contributed by atoms with Crippen LogP contribution in [-0.4, -0.2) is 31.5 Å². The monoisotopic (exact) mass is 363 g/mol. The lowest BCUT2D eigenvalue weighted by atomic mass is 10.1. The maximum atomic E-state index is 11.6. The number of aromatic hydroxyl groups is 2. The molecule has 2 heterocycles. The number of aromatic carboxylic acids is 1. The first-order valence-corrected chi connectivity index (χ1v) is 7.72. The summed E-state index contributed by atoms with van der Waals surface area (Å²) in [7, 11) is 0. The van der Waals surface area contributed by atoms with E-state index in [1.54, 1.807) is 6.07 Å². The van der Waals surface area contributed by atoms with Gasteiger partial charge < -0.3 is 25.1 Å². The van der Waals surface area contributed by atoms with Crippen molar-refractivity contribution >= 4 is 46.3 Å². The molecule has 4 N–H and O–H groups in total. The number of nitrogens with one attached hydrogen (secondary N) is 1. The van der Waals surface area contributed by atoms with Gasteiger partial charge in [-0.15, -0.1) is 0 Å². The Morgan fingerprint density at radius 2 is 2.04 bits per heavy atom. The Morgan fingerprint density at radius 3 is 2.67 bits per heavy atom. The largest absolute Gasteiger partial charge is 0.504 e. The lowest BCUT2D eigenvalue weighted by Crippen LogP contribution is -2.17. The molecule has 1 aromatic heterocycles. The Morgan fingerprint density at radius 1 is 1.29 bits per heavy atom. The summed E-state index contributed by atoms with van der Waals surface area (Å²) >= 11 is 5.97. The molecule has 0 spiro atoms. The fraction of sp³-hybridized carbons (Fsp3) is 0. The SMILES string of the molecule is O=C1NC(=S)S/C1=C\c1ccc(-c2cc(C(=O)O)cc(O)c2O)o1. The molecule has 0 saturated carbocycles. The highest BCUT2D eigenvalue weighted by Gasteiger charge is 2.23. The van der Waals surface area contributed by atoms with Crippen molar-refractivity contribution in [2.24, 2.45) is 0 Å². The van der Waals surface area contributed by atoms with Gasteiger partial charge in [-0.2, -0.15) is 0 Å². The predicted octanol–water partition coefficient (Wildman–Crippen LogP) is 2.54. The second-order valence-electron chi connectivity index (χ2n) is 4.75. The van der Waals surface area contributed by atoms with E-state index < -0.39 is 17.5 Å². The van der Waals surface area contributed by atoms with Crippen LogP contribution in [0, 0.1) is 0 Å². The van der Waals surface area contributed by atoms with Crippen molar-refractivity contribution in [3.05, 3.63) is 40.5 Å². The Balaban J connectivity index is 2.00. The topological polar surface area (TPSA) is 120 Å². The molecule has 7 nitrogen and oxygen atoms in total. The summed E-state index contributed by atoms with van der Waals surface area (Å²) in [6.07, 6.45) is 1.47. The minimum atomic E-state index is -1.26. The van der Waals surface area contributed by atoms with Gasteiger partial charge in [-0.05, 0) is 24.3 Å². The maximum Gasteiger partial charge on any atom is 0.335 e. The highest BCUT2D eigenvalue weighted by atomic mass is 32.2. The summed E-state index contributed by atoms with van der Waals surface area (Å²) in [6.45, 7) is 0. The highest BCUT2D eigenvalue weighted by molar-refractivity contribution is 8.26. The van der Waals surface area contributed by atoms with E-state index in [1.807, 2.05) is 0 Å². The molecule has 1 amide bonds. The summed E-state index contributed by atoms with van der Waals surface area (Å²) in [6, 6.07) is 5.15. The quantitative estimate of drug-likeness (QED) is 0.373. The van der Waals surface area contributed by atoms with Gasteiger partial charge in [-0.25, -0.2) is 4.79 Å². The van der Waals surface area contributed by atoms with Crippen LogP contribution < -0.4 is 5.32 Å². The lowest BCUT2D eigenvalue weighted by molar-refractivity contribution is -0.115. The van der Waals surface area contributed by atoms with Gasteiger partial charge in [0.25, 0.3) is 5.91 Å². The number of rotatable bonds is 3. The number of furan rings is 1. The fourth-order valence-electron chi connectivity index (χ4n) is 2.06. The van der Waals surface area contributed by atoms with Gasteiger partial charge in [0.15, 0.2) is 11.5 Å². The van der Waals surface area contributed by atoms with Crippen molar-refractivity contribution in [3.8, 4) is 22.8 Å². The Labute approximate surface area is 144 Å². The van der Waals surface area contributed by atoms with Crippen molar-refractivity contribution in [3.63, 3.8) is 0 Å². The number of carbonyl (C=O) groups excluding carboxylic acids is 1. The third kappa shape index (κ3) is 2.99. The zero-order valence-electron chi connectivity index (χ0n) is 11.8. The average Bonchev–Trinajstić information content (AvgIpc) is 3.09. The van der Waals surface area contributed by atoms with E-state index in [-0.39, 0.29) is 22.8 Å². The van der Waals surface area contributed by atoms with Crippen molar-refractivity contribution in [1.82, 2.24) is 5.32 Å². The number of phenols is 2. The molecule has 1 fully saturated rings. The van der Waals surface area contributed by atoms with E-state index >= 15 is 0 Å². The Bertz CT molecular complexity index is 915. The van der Waals surface area contributed by atoms with Gasteiger partial charge in [0.05, 0.1) is 16.0 Å². The van der Waals surface area contributed by atoms with Gasteiger partial charge in [-0.1, -0.05) is 24.0 Å². The van der Waals surface area contributed by atoms with Crippen molar-refractivity contribution in [2.45, 2.75) is 0 Å². The third-order valence-corrected chi connectivity index (χ3v) is 4.31. The first kappa shape index (κ1) is 16.1. The number of thiocarbonyl (C=S) groups is 1. The number of amides is 1. The van der Waals surface area contributed by atoms with Gasteiger partial charge in [-0.3, -0.25) is 4.79 Å². The van der Waals surface area contributed by atoms with Crippen LogP contribution in [0.5, 0.6) is 11.5 Å². The first-order chi connectivity index (χ1) is 11.3. The van der Waals surface area contributed by atoms with Crippen molar-refractivity contribution in [1.29, 1.82) is 0 Å². The summed E-state index contributed by atoms with van der Waals surface area (Å²) < 4.78 is 5.85. The molecule has 0 radical (unpaired) electrons. The summed E-state index contributed by atoms with van der Waals surface area (Å²) in [5.41, 5.74) is -0.177. The smallest absolute Gasteiger partial charge is 0.335 e. The van der Waals surface area contributed by atoms with E-state index in [9.17, 15) is 19.8 Å². The summed E-state index contributed by atoms with van der Waals surface area (Å²) in [5, 5.41) is 31.1. The van der Waals surface area contributed by atoms with Crippen LogP contribution in [0.3, 0.4) is 0 Å². The molecular formula is C15H9NO6S2. The van der Waals surface area contributed by atoms with Gasteiger partial charge >= 0.3 is 5.97 Å². The number of carboxylic acids is 1. The highest BCUT2D eigenvalue weighted by Crippen LogP contribution is 2.39. The molecule has 24 heavy (non-hydrogen) atoms. The number of hydrogen-bond donors (Lipinski definition) is 4. The molecule has 1 aromatic carbocycles. The normalized spacial score (nSPS) is 15.8. The number of hydrogen-bond acceptors (Lipinski definition) is 7. The van der Waals surface area contributed by atoms with Crippen LogP contribution in [0.1, 0.15) is 16.1 Å². The maximum absolute atomic E-state index is 11.6. The van der Waals surface area contributed by atoms with E-state index in [2.05, 4.69) is 5.32 Å². The van der Waals surface area contributed by atoms with Crippen molar-refractivity contribution in [2.75, 3.05) is 0 Å². The van der Waals surface area contributed by atoms with Crippen LogP contribution >= 0.6 is 24.0 Å². The van der Waals surface area contributed by atoms with E-state index in [0.717, 1.165) is 17.8 Å². The van der Waals surface area contributed by atoms with Crippen LogP contribution in [0.2, 0.25) is 0 Å². The first-order valence-electron chi connectivity index (χ1n) is 6.49. The minimum absolute atomic E-state index is 0.0242. The molecule has 9 heteroatoms. The number of thioether (sulfide) groups is 1. The molecule has 1 saturated heterocycles. The fourth-order valence-corrected chi connectivity index (χ4v) is 3.08. The lowest BCUT2D eigenvalue weighted by Gasteiger charge is -2.05. The molecule has 0 bridgehead atoms. The standard InChI is InChI=1S/C15H9NO6S2/c17-9-4-6(14(20)21)3-8(12(9)18)10-2-1-7(22-10)5-11-13(19)16-15(23)24-11/h1-5,17-18H,(H,20,21)(H,16,19,23)/b11-5-. The van der Waals surface area contributed by atoms with Crippen LogP contribution in [0.25, 0.3) is 17.4 Å². The van der Waals surface area contributed by atoms with Crippen LogP contribution in [0.15, 0.2) is 33.6 Å². The molecule has 3 rings (SSSR count). The zero-order chi connectivity index (χ0) is 17.4. The second-order valence-corrected chi connectivity index (χ2v) is 6.47. The zero-order valence-corrected chi connectivity index (χ0v) is 13.4. The van der Waals surface area contributed by atoms with Gasteiger partial charge in [0.2, 0.25) is 0 Å². The number of carbonyl (C=O) groups is 2. The van der Waals surface area contributed by atoms with Crippen LogP contribution in [0.4, 0.5) is 0 Å². The van der Waals surface area contributed by atoms with E-state index in [0.29, 0.717) is 15.0 Å². The predicted molar refractivity (Wildman–Crippen MR) is 90.7 cm³/mol. The molecule has 0 aliphatic carbocycles. The van der Waals surface area contributed by atoms with Crippen LogP contribution in [-0.2, 0) is 4.79 Å². The Kier molecular flexibility index (Phi) is 4.04. The number of benzene rings is 1. The van der Waals surface area contributed by atoms with E-state index in [4.69, 9.17) is 21.7 Å². The number of phenolic OH excluding ortho intramolecular Hbond substituents is 2. The molecule has 1 aliphatic heterocycles. The summed E-state index contributed by atoms with van der Waals surface area (Å²) in [4.78, 5) is 23.0. The van der Waals surface area contributed by atoms with E-state index in [1.165, 1.54) is 18.2 Å². The third-order valence-electron chi connectivity index (χ3n) is 3.14. The molecule has 0 unspecified atom stereocenters. The van der Waals surface area contributed by atoms with Gasteiger partial charge in [0.1, 0.15) is 15.8 Å². The summed E-state index contributed by atoms with van der Waals surface area (Å²) in [5.74, 6) is -2.21. The molecule has 122 valence electrons. The molecule has 2 aromatic rings. The minimum Gasteiger partial charge on any atom is -0.504 e. The van der Waals surface area contributed by atoms with Crippen molar-refractivity contribution < 1.29 is 29.3 Å². The molecular weight excluding hydrogens is 354 g/mol. The van der Waals surface area contributed by atoms with Gasteiger partial charge in [0, 0.05) is 6.08 Å².